The van der Waals surface area contributed by atoms with Crippen LogP contribution in [-0.2, 0) is 9.53 Å². The van der Waals surface area contributed by atoms with E-state index in [0.29, 0.717) is 31.4 Å². The van der Waals surface area contributed by atoms with Crippen molar-refractivity contribution in [1.29, 1.82) is 0 Å². The molecule has 1 aromatic heterocycles. The fourth-order valence-electron chi connectivity index (χ4n) is 3.85. The first kappa shape index (κ1) is 19.4. The smallest absolute Gasteiger partial charge is 0.319 e. The second-order valence-corrected chi connectivity index (χ2v) is 7.55. The Bertz CT molecular complexity index is 648. The van der Waals surface area contributed by atoms with Crippen molar-refractivity contribution in [3.63, 3.8) is 0 Å². The molecule has 8 heteroatoms. The maximum atomic E-state index is 12.2. The standard InChI is InChI=1S/C19H28N4O4/c1-12-10-23(11-13(2)27-12)17-8-7-16(9-20-17)22-19(26)21-15-5-3-14(4-6-15)18(24)25/h7-9,12-15H,3-6,10-11H2,1-2H3,(H,24,25)(H2,21,22,26). The zero-order valence-corrected chi connectivity index (χ0v) is 15.9. The lowest BCUT2D eigenvalue weighted by Crippen LogP contribution is -2.45. The average Bonchev–Trinajstić information content (AvgIpc) is 2.62. The number of hydrogen-bond donors (Lipinski definition) is 3. The third-order valence-electron chi connectivity index (χ3n) is 5.16. The fraction of sp³-hybridized carbons (Fsp3) is 0.632. The van der Waals surface area contributed by atoms with Crippen molar-refractivity contribution in [1.82, 2.24) is 10.3 Å². The van der Waals surface area contributed by atoms with Gasteiger partial charge in [-0.1, -0.05) is 0 Å². The van der Waals surface area contributed by atoms with Crippen molar-refractivity contribution in [2.75, 3.05) is 23.3 Å². The monoisotopic (exact) mass is 376 g/mol. The van der Waals surface area contributed by atoms with Crippen LogP contribution < -0.4 is 15.5 Å². The lowest BCUT2D eigenvalue weighted by atomic mass is 9.86. The fourth-order valence-corrected chi connectivity index (χ4v) is 3.85. The Hall–Kier alpha value is -2.35. The molecule has 27 heavy (non-hydrogen) atoms. The molecular weight excluding hydrogens is 348 g/mol. The third-order valence-corrected chi connectivity index (χ3v) is 5.16. The summed E-state index contributed by atoms with van der Waals surface area (Å²) in [5.41, 5.74) is 0.629. The molecule has 1 aromatic rings. The summed E-state index contributed by atoms with van der Waals surface area (Å²) in [5, 5.41) is 14.7. The van der Waals surface area contributed by atoms with Gasteiger partial charge in [-0.25, -0.2) is 9.78 Å². The molecule has 2 heterocycles. The summed E-state index contributed by atoms with van der Waals surface area (Å²) in [6, 6.07) is 3.48. The van der Waals surface area contributed by atoms with Gasteiger partial charge in [0.2, 0.25) is 0 Å². The first-order chi connectivity index (χ1) is 12.9. The highest BCUT2D eigenvalue weighted by molar-refractivity contribution is 5.89. The predicted octanol–water partition coefficient (Wildman–Crippen LogP) is 2.46. The summed E-state index contributed by atoms with van der Waals surface area (Å²) in [6.07, 6.45) is 4.57. The van der Waals surface area contributed by atoms with E-state index < -0.39 is 5.97 Å². The molecule has 0 radical (unpaired) electrons. The van der Waals surface area contributed by atoms with Crippen LogP contribution in [0.2, 0.25) is 0 Å². The van der Waals surface area contributed by atoms with Crippen molar-refractivity contribution in [3.05, 3.63) is 18.3 Å². The number of urea groups is 1. The van der Waals surface area contributed by atoms with Crippen LogP contribution in [0, 0.1) is 5.92 Å². The third kappa shape index (κ3) is 5.32. The highest BCUT2D eigenvalue weighted by Crippen LogP contribution is 2.24. The van der Waals surface area contributed by atoms with E-state index in [1.807, 2.05) is 26.0 Å². The minimum Gasteiger partial charge on any atom is -0.481 e. The van der Waals surface area contributed by atoms with Gasteiger partial charge in [-0.05, 0) is 51.7 Å². The number of carbonyl (C=O) groups excluding carboxylic acids is 1. The van der Waals surface area contributed by atoms with Gasteiger partial charge in [-0.15, -0.1) is 0 Å². The van der Waals surface area contributed by atoms with Gasteiger partial charge < -0.3 is 25.4 Å². The number of carboxylic acid groups (broad SMARTS) is 1. The Labute approximate surface area is 159 Å². The van der Waals surface area contributed by atoms with Crippen LogP contribution in [-0.4, -0.2) is 53.4 Å². The molecule has 3 N–H and O–H groups in total. The van der Waals surface area contributed by atoms with Gasteiger partial charge >= 0.3 is 12.0 Å². The second kappa shape index (κ2) is 8.56. The molecule has 1 aliphatic heterocycles. The number of nitrogens with one attached hydrogen (secondary N) is 2. The van der Waals surface area contributed by atoms with Crippen molar-refractivity contribution >= 4 is 23.5 Å². The van der Waals surface area contributed by atoms with E-state index in [2.05, 4.69) is 20.5 Å². The zero-order valence-electron chi connectivity index (χ0n) is 15.9. The topological polar surface area (TPSA) is 104 Å². The number of carbonyl (C=O) groups is 2. The molecule has 1 aliphatic carbocycles. The molecule has 1 saturated heterocycles. The SMILES string of the molecule is CC1CN(c2ccc(NC(=O)NC3CCC(C(=O)O)CC3)cn2)CC(C)O1. The van der Waals surface area contributed by atoms with Gasteiger partial charge in [-0.2, -0.15) is 0 Å². The van der Waals surface area contributed by atoms with Crippen LogP contribution in [0.5, 0.6) is 0 Å². The van der Waals surface area contributed by atoms with Gasteiger partial charge in [0.15, 0.2) is 0 Å². The van der Waals surface area contributed by atoms with Crippen LogP contribution in [0.1, 0.15) is 39.5 Å². The lowest BCUT2D eigenvalue weighted by Gasteiger charge is -2.36. The molecule has 2 fully saturated rings. The Morgan fingerprint density at radius 1 is 1.15 bits per heavy atom. The van der Waals surface area contributed by atoms with E-state index >= 15 is 0 Å². The lowest BCUT2D eigenvalue weighted by molar-refractivity contribution is -0.142. The maximum Gasteiger partial charge on any atom is 0.319 e. The molecule has 2 unspecified atom stereocenters. The van der Waals surface area contributed by atoms with E-state index in [1.165, 1.54) is 0 Å². The molecule has 2 amide bonds. The van der Waals surface area contributed by atoms with E-state index in [0.717, 1.165) is 18.9 Å². The Morgan fingerprint density at radius 3 is 2.37 bits per heavy atom. The number of pyridine rings is 1. The number of hydrogen-bond acceptors (Lipinski definition) is 5. The van der Waals surface area contributed by atoms with Crippen molar-refractivity contribution in [2.45, 2.75) is 57.8 Å². The summed E-state index contributed by atoms with van der Waals surface area (Å²) in [7, 11) is 0. The van der Waals surface area contributed by atoms with Gasteiger partial charge in [0.05, 0.1) is 30.0 Å². The largest absolute Gasteiger partial charge is 0.481 e. The first-order valence-corrected chi connectivity index (χ1v) is 9.57. The van der Waals surface area contributed by atoms with Gasteiger partial charge in [0.1, 0.15) is 5.82 Å². The molecule has 2 atom stereocenters. The number of nitrogens with zero attached hydrogens (tertiary/aromatic N) is 2. The molecule has 1 saturated carbocycles. The van der Waals surface area contributed by atoms with Gasteiger partial charge in [0, 0.05) is 19.1 Å². The Balaban J connectivity index is 1.48. The number of aromatic nitrogens is 1. The quantitative estimate of drug-likeness (QED) is 0.746. The van der Waals surface area contributed by atoms with E-state index in [9.17, 15) is 9.59 Å². The average molecular weight is 376 g/mol. The molecule has 3 rings (SSSR count). The Morgan fingerprint density at radius 2 is 1.81 bits per heavy atom. The van der Waals surface area contributed by atoms with E-state index in [1.54, 1.807) is 6.20 Å². The highest BCUT2D eigenvalue weighted by Gasteiger charge is 2.27. The summed E-state index contributed by atoms with van der Waals surface area (Å²) in [5.74, 6) is -0.156. The number of rotatable bonds is 4. The minimum atomic E-state index is -0.742. The molecule has 0 spiro atoms. The number of ether oxygens (including phenoxy) is 1. The van der Waals surface area contributed by atoms with E-state index in [4.69, 9.17) is 9.84 Å². The predicted molar refractivity (Wildman–Crippen MR) is 102 cm³/mol. The summed E-state index contributed by atoms with van der Waals surface area (Å²) in [4.78, 5) is 29.8. The van der Waals surface area contributed by atoms with Gasteiger partial charge in [-0.3, -0.25) is 4.79 Å². The highest BCUT2D eigenvalue weighted by atomic mass is 16.5. The number of morpholine rings is 1. The van der Waals surface area contributed by atoms with Crippen LogP contribution >= 0.6 is 0 Å². The molecule has 0 bridgehead atoms. The first-order valence-electron chi connectivity index (χ1n) is 9.57. The maximum absolute atomic E-state index is 12.2. The van der Waals surface area contributed by atoms with Crippen LogP contribution in [0.25, 0.3) is 0 Å². The van der Waals surface area contributed by atoms with Crippen LogP contribution in [0.4, 0.5) is 16.3 Å². The molecule has 148 valence electrons. The van der Waals surface area contributed by atoms with Gasteiger partial charge in [0.25, 0.3) is 0 Å². The zero-order chi connectivity index (χ0) is 19.4. The number of carboxylic acids is 1. The summed E-state index contributed by atoms with van der Waals surface area (Å²) in [6.45, 7) is 5.69. The summed E-state index contributed by atoms with van der Waals surface area (Å²) >= 11 is 0. The summed E-state index contributed by atoms with van der Waals surface area (Å²) < 4.78 is 5.74. The van der Waals surface area contributed by atoms with Crippen molar-refractivity contribution < 1.29 is 19.4 Å². The Kier molecular flexibility index (Phi) is 6.15. The number of anilines is 2. The molecule has 8 nitrogen and oxygen atoms in total. The molecule has 0 aromatic carbocycles. The van der Waals surface area contributed by atoms with Crippen molar-refractivity contribution in [2.24, 2.45) is 5.92 Å². The van der Waals surface area contributed by atoms with Crippen LogP contribution in [0.3, 0.4) is 0 Å². The second-order valence-electron chi connectivity index (χ2n) is 7.55. The van der Waals surface area contributed by atoms with E-state index in [-0.39, 0.29) is 30.2 Å². The normalized spacial score (nSPS) is 28.4. The number of amides is 2. The van der Waals surface area contributed by atoms with Crippen LogP contribution in [0.15, 0.2) is 18.3 Å². The molecular formula is C19H28N4O4. The van der Waals surface area contributed by atoms with Crippen molar-refractivity contribution in [3.8, 4) is 0 Å². The number of aliphatic carboxylic acids is 1. The molecule has 2 aliphatic rings. The minimum absolute atomic E-state index is 0.0177.